The number of amides is 1. The number of sulfone groups is 1. The first-order valence-electron chi connectivity index (χ1n) is 7.15. The van der Waals surface area contributed by atoms with Crippen molar-refractivity contribution >= 4 is 39.5 Å². The molecule has 0 radical (unpaired) electrons. The van der Waals surface area contributed by atoms with Crippen LogP contribution in [0.2, 0.25) is 0 Å². The fourth-order valence-corrected chi connectivity index (χ4v) is 4.98. The highest BCUT2D eigenvalue weighted by molar-refractivity contribution is 7.92. The van der Waals surface area contributed by atoms with Crippen molar-refractivity contribution in [2.45, 2.75) is 30.3 Å². The van der Waals surface area contributed by atoms with Gasteiger partial charge in [-0.15, -0.1) is 23.7 Å². The van der Waals surface area contributed by atoms with Gasteiger partial charge < -0.3 is 10.2 Å². The van der Waals surface area contributed by atoms with E-state index in [1.807, 2.05) is 0 Å². The number of aromatic nitrogens is 1. The Morgan fingerprint density at radius 2 is 1.96 bits per heavy atom. The monoisotopic (exact) mass is 421 g/mol. The number of piperidine rings is 1. The van der Waals surface area contributed by atoms with Crippen LogP contribution in [-0.2, 0) is 27.4 Å². The second kappa shape index (κ2) is 7.77. The van der Waals surface area contributed by atoms with Gasteiger partial charge >= 0.3 is 6.18 Å². The summed E-state index contributed by atoms with van der Waals surface area (Å²) in [4.78, 5) is 17.4. The molecule has 0 aliphatic carbocycles. The first kappa shape index (κ1) is 22.1. The lowest BCUT2D eigenvalue weighted by Gasteiger charge is -2.37. The number of alkyl halides is 3. The molecule has 25 heavy (non-hydrogen) atoms. The molecule has 0 bridgehead atoms. The van der Waals surface area contributed by atoms with Crippen LogP contribution in [0.25, 0.3) is 0 Å². The van der Waals surface area contributed by atoms with Crippen molar-refractivity contribution in [2.24, 2.45) is 0 Å². The van der Waals surface area contributed by atoms with Crippen LogP contribution in [0, 0.1) is 0 Å². The molecular formula is C13H19ClF3N3O3S2. The van der Waals surface area contributed by atoms with Gasteiger partial charge in [0.15, 0.2) is 20.3 Å². The summed E-state index contributed by atoms with van der Waals surface area (Å²) in [6, 6.07) is 0. The average Bonchev–Trinajstić information content (AvgIpc) is 2.94. The Kier molecular flexibility index (Phi) is 6.87. The molecule has 1 aliphatic heterocycles. The standard InChI is InChI=1S/C13H18F3N3O3S2.ClH/c1-19(7-10-18-9(8-23-10)13(14,15)16)11(20)12(24(2,21)22)3-5-17-6-4-12;/h8,17H,3-7H2,1-2H3;1H. The van der Waals surface area contributed by atoms with Crippen LogP contribution in [-0.4, -0.2) is 55.3 Å². The predicted molar refractivity (Wildman–Crippen MR) is 90.5 cm³/mol. The number of rotatable bonds is 4. The Labute approximate surface area is 154 Å². The van der Waals surface area contributed by atoms with E-state index in [1.165, 1.54) is 7.05 Å². The summed E-state index contributed by atoms with van der Waals surface area (Å²) in [5.41, 5.74) is -1.01. The van der Waals surface area contributed by atoms with Gasteiger partial charge in [0.25, 0.3) is 0 Å². The summed E-state index contributed by atoms with van der Waals surface area (Å²) in [5.74, 6) is -0.602. The van der Waals surface area contributed by atoms with E-state index in [1.54, 1.807) is 0 Å². The predicted octanol–water partition coefficient (Wildman–Crippen LogP) is 1.71. The lowest BCUT2D eigenvalue weighted by Crippen LogP contribution is -2.57. The van der Waals surface area contributed by atoms with Gasteiger partial charge in [0.05, 0.1) is 6.54 Å². The molecule has 1 aromatic heterocycles. The fourth-order valence-electron chi connectivity index (χ4n) is 2.71. The molecule has 12 heteroatoms. The Hall–Kier alpha value is -0.910. The molecule has 6 nitrogen and oxygen atoms in total. The third-order valence-electron chi connectivity index (χ3n) is 4.07. The largest absolute Gasteiger partial charge is 0.434 e. The number of carbonyl (C=O) groups excluding carboxylic acids is 1. The highest BCUT2D eigenvalue weighted by Crippen LogP contribution is 2.32. The zero-order chi connectivity index (χ0) is 18.2. The normalized spacial score (nSPS) is 17.6. The smallest absolute Gasteiger partial charge is 0.338 e. The van der Waals surface area contributed by atoms with Crippen molar-refractivity contribution < 1.29 is 26.4 Å². The maximum atomic E-state index is 12.7. The molecule has 2 rings (SSSR count). The maximum absolute atomic E-state index is 12.7. The number of hydrogen-bond acceptors (Lipinski definition) is 6. The molecule has 1 N–H and O–H groups in total. The summed E-state index contributed by atoms with van der Waals surface area (Å²) >= 11 is 0.788. The van der Waals surface area contributed by atoms with Crippen molar-refractivity contribution in [3.63, 3.8) is 0 Å². The minimum atomic E-state index is -4.54. The highest BCUT2D eigenvalue weighted by atomic mass is 35.5. The summed E-state index contributed by atoms with van der Waals surface area (Å²) < 4.78 is 60.6. The Morgan fingerprint density at radius 3 is 2.40 bits per heavy atom. The number of halogens is 4. The first-order chi connectivity index (χ1) is 11.0. The molecular weight excluding hydrogens is 403 g/mol. The Morgan fingerprint density at radius 1 is 1.40 bits per heavy atom. The van der Waals surface area contributed by atoms with Gasteiger partial charge in [-0.05, 0) is 25.9 Å². The van der Waals surface area contributed by atoms with Gasteiger partial charge in [-0.25, -0.2) is 13.4 Å². The second-order valence-electron chi connectivity index (χ2n) is 5.80. The molecule has 0 saturated carbocycles. The Bertz CT molecular complexity index is 716. The van der Waals surface area contributed by atoms with Crippen LogP contribution in [0.3, 0.4) is 0 Å². The third-order valence-corrected chi connectivity index (χ3v) is 6.91. The third kappa shape index (κ3) is 4.63. The van der Waals surface area contributed by atoms with Crippen LogP contribution in [0.5, 0.6) is 0 Å². The molecule has 0 atom stereocenters. The van der Waals surface area contributed by atoms with Crippen molar-refractivity contribution in [2.75, 3.05) is 26.4 Å². The highest BCUT2D eigenvalue weighted by Gasteiger charge is 2.50. The summed E-state index contributed by atoms with van der Waals surface area (Å²) in [6.07, 6.45) is -3.24. The van der Waals surface area contributed by atoms with Crippen molar-refractivity contribution in [1.29, 1.82) is 0 Å². The molecule has 1 aliphatic rings. The van der Waals surface area contributed by atoms with Gasteiger partial charge in [-0.1, -0.05) is 0 Å². The maximum Gasteiger partial charge on any atom is 0.434 e. The molecule has 1 aromatic rings. The zero-order valence-corrected chi connectivity index (χ0v) is 16.0. The summed E-state index contributed by atoms with van der Waals surface area (Å²) in [5, 5.41) is 3.99. The van der Waals surface area contributed by atoms with Crippen molar-refractivity contribution in [1.82, 2.24) is 15.2 Å². The van der Waals surface area contributed by atoms with Gasteiger partial charge in [0.1, 0.15) is 5.01 Å². The number of hydrogen-bond donors (Lipinski definition) is 1. The molecule has 1 saturated heterocycles. The van der Waals surface area contributed by atoms with E-state index in [2.05, 4.69) is 10.3 Å². The first-order valence-corrected chi connectivity index (χ1v) is 9.92. The molecule has 1 amide bonds. The lowest BCUT2D eigenvalue weighted by atomic mass is 9.95. The SMILES string of the molecule is CN(Cc1nc(C(F)(F)F)cs1)C(=O)C1(S(C)(=O)=O)CCNCC1.Cl. The quantitative estimate of drug-likeness (QED) is 0.800. The van der Waals surface area contributed by atoms with Crippen LogP contribution < -0.4 is 5.32 Å². The van der Waals surface area contributed by atoms with Crippen molar-refractivity contribution in [3.8, 4) is 0 Å². The van der Waals surface area contributed by atoms with E-state index < -0.39 is 32.4 Å². The molecule has 0 spiro atoms. The van der Waals surface area contributed by atoms with Crippen molar-refractivity contribution in [3.05, 3.63) is 16.1 Å². The topological polar surface area (TPSA) is 79.4 Å². The van der Waals surface area contributed by atoms with Crippen LogP contribution in [0.15, 0.2) is 5.38 Å². The van der Waals surface area contributed by atoms with Crippen LogP contribution >= 0.6 is 23.7 Å². The number of nitrogens with one attached hydrogen (secondary N) is 1. The van der Waals surface area contributed by atoms with Gasteiger partial charge in [-0.2, -0.15) is 13.2 Å². The van der Waals surface area contributed by atoms with Crippen LogP contribution in [0.4, 0.5) is 13.2 Å². The number of thiazole rings is 1. The average molecular weight is 422 g/mol. The molecule has 144 valence electrons. The Balaban J connectivity index is 0.00000312. The van der Waals surface area contributed by atoms with Crippen LogP contribution in [0.1, 0.15) is 23.5 Å². The summed E-state index contributed by atoms with van der Waals surface area (Å²) in [7, 11) is -2.29. The molecule has 0 aromatic carbocycles. The number of nitrogens with zero attached hydrogens (tertiary/aromatic N) is 2. The fraction of sp³-hybridized carbons (Fsp3) is 0.692. The minimum absolute atomic E-state index is 0. The molecule has 1 fully saturated rings. The van der Waals surface area contributed by atoms with Gasteiger partial charge in [-0.3, -0.25) is 4.79 Å². The van der Waals surface area contributed by atoms with E-state index in [4.69, 9.17) is 0 Å². The van der Waals surface area contributed by atoms with E-state index in [-0.39, 0.29) is 36.8 Å². The zero-order valence-electron chi connectivity index (χ0n) is 13.6. The van der Waals surface area contributed by atoms with Gasteiger partial charge in [0, 0.05) is 18.7 Å². The number of carbonyl (C=O) groups is 1. The lowest BCUT2D eigenvalue weighted by molar-refractivity contribution is -0.140. The summed E-state index contributed by atoms with van der Waals surface area (Å²) in [6.45, 7) is 0.620. The van der Waals surface area contributed by atoms with E-state index in [9.17, 15) is 26.4 Å². The second-order valence-corrected chi connectivity index (χ2v) is 9.07. The van der Waals surface area contributed by atoms with Gasteiger partial charge in [0.2, 0.25) is 5.91 Å². The minimum Gasteiger partial charge on any atom is -0.338 e. The van der Waals surface area contributed by atoms with E-state index in [0.717, 1.165) is 27.9 Å². The van der Waals surface area contributed by atoms with E-state index >= 15 is 0 Å². The van der Waals surface area contributed by atoms with E-state index in [0.29, 0.717) is 13.1 Å². The molecule has 2 heterocycles. The molecule has 0 unspecified atom stereocenters.